The van der Waals surface area contributed by atoms with Gasteiger partial charge in [0.1, 0.15) is 24.1 Å². The number of aryl methyl sites for hydroxylation is 2. The van der Waals surface area contributed by atoms with Gasteiger partial charge in [-0.1, -0.05) is 18.1 Å². The average Bonchev–Trinajstić information content (AvgIpc) is 2.94. The van der Waals surface area contributed by atoms with Crippen LogP contribution in [0.5, 0.6) is 0 Å². The normalized spacial score (nSPS) is 24.6. The summed E-state index contributed by atoms with van der Waals surface area (Å²) in [5.74, 6) is -0.907. The molecule has 2 aliphatic carbocycles. The van der Waals surface area contributed by atoms with Gasteiger partial charge in [0.2, 0.25) is 0 Å². The number of Topliss-reactive ketones (excluding diaryl/α,β-unsaturated/α-hetero) is 3. The van der Waals surface area contributed by atoms with E-state index >= 15 is 0 Å². The maximum atomic E-state index is 13.1. The maximum Gasteiger partial charge on any atom is 0.160 e. The first-order valence-electron chi connectivity index (χ1n) is 10.1. The van der Waals surface area contributed by atoms with Crippen LogP contribution in [0.15, 0.2) is 11.2 Å². The molecule has 3 rings (SSSR count). The highest BCUT2D eigenvalue weighted by Gasteiger charge is 2.51. The summed E-state index contributed by atoms with van der Waals surface area (Å²) >= 11 is 0. The number of carbonyl (C=O) groups excluding carboxylic acids is 3. The second kappa shape index (κ2) is 7.61. The highest BCUT2D eigenvalue weighted by Crippen LogP contribution is 2.50. The molecule has 1 aromatic rings. The average molecular weight is 383 g/mol. The number of fused-ring (bicyclic) bond motifs is 2. The molecule has 1 spiro atoms. The zero-order valence-electron chi connectivity index (χ0n) is 17.5. The van der Waals surface area contributed by atoms with Crippen LogP contribution in [0.3, 0.4) is 0 Å². The van der Waals surface area contributed by atoms with Gasteiger partial charge in [-0.2, -0.15) is 0 Å². The minimum absolute atomic E-state index is 0.0308. The van der Waals surface area contributed by atoms with Gasteiger partial charge < -0.3 is 4.84 Å². The van der Waals surface area contributed by atoms with E-state index in [0.29, 0.717) is 31.6 Å². The van der Waals surface area contributed by atoms with Crippen LogP contribution in [0.4, 0.5) is 0 Å². The lowest BCUT2D eigenvalue weighted by Crippen LogP contribution is -2.45. The Labute approximate surface area is 166 Å². The van der Waals surface area contributed by atoms with Crippen molar-refractivity contribution in [3.8, 4) is 0 Å². The minimum atomic E-state index is -0.788. The van der Waals surface area contributed by atoms with Crippen molar-refractivity contribution in [1.29, 1.82) is 0 Å². The quantitative estimate of drug-likeness (QED) is 0.333. The third-order valence-corrected chi connectivity index (χ3v) is 6.29. The number of carbonyl (C=O) groups is 3. The molecular formula is C23H29NO4. The Hall–Kier alpha value is -2.30. The van der Waals surface area contributed by atoms with Crippen molar-refractivity contribution in [2.45, 2.75) is 72.1 Å². The van der Waals surface area contributed by atoms with Crippen molar-refractivity contribution in [3.63, 3.8) is 0 Å². The zero-order valence-corrected chi connectivity index (χ0v) is 17.5. The Kier molecular flexibility index (Phi) is 5.55. The number of benzene rings is 1. The van der Waals surface area contributed by atoms with E-state index in [-0.39, 0.29) is 17.3 Å². The molecule has 0 bridgehead atoms. The molecule has 1 fully saturated rings. The van der Waals surface area contributed by atoms with Gasteiger partial charge in [-0.3, -0.25) is 14.4 Å². The molecular weight excluding hydrogens is 354 g/mol. The molecule has 1 saturated carbocycles. The van der Waals surface area contributed by atoms with Crippen LogP contribution in [-0.2, 0) is 26.3 Å². The largest absolute Gasteiger partial charge is 0.396 e. The van der Waals surface area contributed by atoms with E-state index in [2.05, 4.69) is 11.2 Å². The number of hydrogen-bond acceptors (Lipinski definition) is 5. The Morgan fingerprint density at radius 2 is 1.86 bits per heavy atom. The van der Waals surface area contributed by atoms with Crippen molar-refractivity contribution >= 4 is 23.1 Å². The zero-order chi connectivity index (χ0) is 20.6. The smallest absolute Gasteiger partial charge is 0.160 e. The fraction of sp³-hybridized carbons (Fsp3) is 0.565. The van der Waals surface area contributed by atoms with Gasteiger partial charge in [0.05, 0.1) is 5.71 Å². The third-order valence-electron chi connectivity index (χ3n) is 6.29. The van der Waals surface area contributed by atoms with Gasteiger partial charge in [0, 0.05) is 23.8 Å². The number of hydrogen-bond donors (Lipinski definition) is 0. The van der Waals surface area contributed by atoms with Crippen molar-refractivity contribution in [3.05, 3.63) is 33.9 Å². The van der Waals surface area contributed by atoms with Crippen LogP contribution in [0.2, 0.25) is 0 Å². The summed E-state index contributed by atoms with van der Waals surface area (Å²) < 4.78 is 0. The predicted molar refractivity (Wildman–Crippen MR) is 108 cm³/mol. The van der Waals surface area contributed by atoms with Gasteiger partial charge in [-0.15, -0.1) is 0 Å². The molecule has 0 aliphatic heterocycles. The summed E-state index contributed by atoms with van der Waals surface area (Å²) in [5.41, 5.74) is 4.93. The molecule has 2 aliphatic rings. The van der Waals surface area contributed by atoms with E-state index in [1.807, 2.05) is 27.7 Å². The monoisotopic (exact) mass is 383 g/mol. The lowest BCUT2D eigenvalue weighted by Gasteiger charge is -2.37. The summed E-state index contributed by atoms with van der Waals surface area (Å²) in [6, 6.07) is 2.07. The first-order valence-corrected chi connectivity index (χ1v) is 10.1. The summed E-state index contributed by atoms with van der Waals surface area (Å²) in [6.45, 7) is 9.62. The van der Waals surface area contributed by atoms with Crippen LogP contribution in [0.1, 0.15) is 79.1 Å². The van der Waals surface area contributed by atoms with Gasteiger partial charge in [-0.05, 0) is 69.2 Å². The number of nitrogens with zero attached hydrogens (tertiary/aromatic N) is 1. The molecule has 0 heterocycles. The Morgan fingerprint density at radius 1 is 1.21 bits per heavy atom. The molecule has 0 radical (unpaired) electrons. The third kappa shape index (κ3) is 3.21. The van der Waals surface area contributed by atoms with Crippen LogP contribution in [0.25, 0.3) is 0 Å². The molecule has 5 heteroatoms. The topological polar surface area (TPSA) is 72.8 Å². The van der Waals surface area contributed by atoms with Gasteiger partial charge in [-0.25, -0.2) is 0 Å². The lowest BCUT2D eigenvalue weighted by atomic mass is 9.64. The fourth-order valence-corrected chi connectivity index (χ4v) is 5.35. The minimum Gasteiger partial charge on any atom is -0.396 e. The molecule has 0 saturated heterocycles. The van der Waals surface area contributed by atoms with E-state index in [1.54, 1.807) is 6.92 Å². The van der Waals surface area contributed by atoms with Crippen LogP contribution >= 0.6 is 0 Å². The van der Waals surface area contributed by atoms with Crippen molar-refractivity contribution < 1.29 is 19.2 Å². The first kappa shape index (κ1) is 20.4. The second-order valence-corrected chi connectivity index (χ2v) is 8.14. The molecule has 1 aromatic carbocycles. The fourth-order valence-electron chi connectivity index (χ4n) is 5.35. The Bertz CT molecular complexity index is 863. The summed E-state index contributed by atoms with van der Waals surface area (Å²) in [4.78, 5) is 43.6. The summed E-state index contributed by atoms with van der Waals surface area (Å²) in [6.07, 6.45) is 2.77. The van der Waals surface area contributed by atoms with Crippen molar-refractivity contribution in [2.24, 2.45) is 11.1 Å². The number of rotatable bonds is 5. The molecule has 0 amide bonds. The number of ketones is 3. The molecule has 0 N–H and O–H groups in total. The molecule has 0 aromatic heterocycles. The van der Waals surface area contributed by atoms with E-state index in [1.165, 1.54) is 5.56 Å². The molecule has 0 unspecified atom stereocenters. The van der Waals surface area contributed by atoms with Crippen LogP contribution in [0, 0.1) is 19.8 Å². The van der Waals surface area contributed by atoms with Gasteiger partial charge >= 0.3 is 0 Å². The van der Waals surface area contributed by atoms with E-state index < -0.39 is 11.3 Å². The maximum absolute atomic E-state index is 13.1. The Balaban J connectivity index is 2.03. The van der Waals surface area contributed by atoms with Crippen LogP contribution < -0.4 is 0 Å². The SMILES string of the molecule is CCON=C(CC)C1C(=O)CC2(CCc3cc(C)c(C(C)=O)c(C)c32)CC1=O. The van der Waals surface area contributed by atoms with E-state index in [4.69, 9.17) is 4.84 Å². The predicted octanol–water partition coefficient (Wildman–Crippen LogP) is 4.04. The highest BCUT2D eigenvalue weighted by molar-refractivity contribution is 6.22. The first-order chi connectivity index (χ1) is 13.3. The van der Waals surface area contributed by atoms with E-state index in [0.717, 1.165) is 35.1 Å². The van der Waals surface area contributed by atoms with Crippen molar-refractivity contribution in [2.75, 3.05) is 6.61 Å². The molecule has 150 valence electrons. The van der Waals surface area contributed by atoms with Gasteiger partial charge in [0.25, 0.3) is 0 Å². The Morgan fingerprint density at radius 3 is 2.39 bits per heavy atom. The highest BCUT2D eigenvalue weighted by atomic mass is 16.6. The summed E-state index contributed by atoms with van der Waals surface area (Å²) in [7, 11) is 0. The van der Waals surface area contributed by atoms with E-state index in [9.17, 15) is 14.4 Å². The number of oxime groups is 1. The van der Waals surface area contributed by atoms with Crippen LogP contribution in [-0.4, -0.2) is 29.7 Å². The molecule has 28 heavy (non-hydrogen) atoms. The molecule has 0 atom stereocenters. The van der Waals surface area contributed by atoms with Crippen molar-refractivity contribution in [1.82, 2.24) is 0 Å². The second-order valence-electron chi connectivity index (χ2n) is 8.14. The lowest BCUT2D eigenvalue weighted by molar-refractivity contribution is -0.135. The molecule has 5 nitrogen and oxygen atoms in total. The summed E-state index contributed by atoms with van der Waals surface area (Å²) in [5, 5.41) is 4.04. The standard InChI is InChI=1S/C23H29NO4/c1-6-17(24-28-7-2)21-18(26)11-23(12-19(21)27)9-8-16-10-13(3)20(15(5)25)14(4)22(16)23/h10,21H,6-9,11-12H2,1-5H3. The van der Waals surface area contributed by atoms with Gasteiger partial charge in [0.15, 0.2) is 5.78 Å².